The third kappa shape index (κ3) is 5.87. The van der Waals surface area contributed by atoms with Crippen LogP contribution in [-0.2, 0) is 4.74 Å². The van der Waals surface area contributed by atoms with Crippen LogP contribution in [-0.4, -0.2) is 23.8 Å². The van der Waals surface area contributed by atoms with E-state index in [0.29, 0.717) is 11.5 Å². The summed E-state index contributed by atoms with van der Waals surface area (Å²) in [6.45, 7) is 16.8. The molecule has 1 saturated heterocycles. The zero-order chi connectivity index (χ0) is 13.3. The molecule has 1 atom stereocenters. The molecule has 0 saturated carbocycles. The molecule has 0 radical (unpaired) electrons. The molecule has 1 unspecified atom stereocenters. The molecule has 1 N–H and O–H groups in total. The maximum atomic E-state index is 6.09. The van der Waals surface area contributed by atoms with Crippen molar-refractivity contribution in [3.63, 3.8) is 0 Å². The average Bonchev–Trinajstić information content (AvgIpc) is 2.40. The van der Waals surface area contributed by atoms with Crippen LogP contribution in [0.1, 0.15) is 67.7 Å². The Kier molecular flexibility index (Phi) is 4.31. The summed E-state index contributed by atoms with van der Waals surface area (Å²) in [6.07, 6.45) is 4.01. The summed E-state index contributed by atoms with van der Waals surface area (Å²) in [5.74, 6) is 0. The lowest BCUT2D eigenvalue weighted by Gasteiger charge is -2.32. The number of ether oxygens (including phenoxy) is 1. The van der Waals surface area contributed by atoms with Gasteiger partial charge in [0.1, 0.15) is 0 Å². The zero-order valence-corrected chi connectivity index (χ0v) is 12.8. The highest BCUT2D eigenvalue weighted by molar-refractivity contribution is 4.86. The highest BCUT2D eigenvalue weighted by atomic mass is 16.5. The van der Waals surface area contributed by atoms with Gasteiger partial charge in [0.15, 0.2) is 0 Å². The van der Waals surface area contributed by atoms with Gasteiger partial charge in [0.25, 0.3) is 0 Å². The van der Waals surface area contributed by atoms with E-state index in [9.17, 15) is 0 Å². The van der Waals surface area contributed by atoms with Crippen molar-refractivity contribution in [2.75, 3.05) is 6.54 Å². The Morgan fingerprint density at radius 1 is 1.18 bits per heavy atom. The zero-order valence-electron chi connectivity index (χ0n) is 12.8. The SMILES string of the molecule is CC(C)(CNC(C)(C)C)CC1CCC(C)(C)O1. The molecule has 102 valence electrons. The van der Waals surface area contributed by atoms with Crippen LogP contribution in [0.4, 0.5) is 0 Å². The van der Waals surface area contributed by atoms with Crippen LogP contribution >= 0.6 is 0 Å². The van der Waals surface area contributed by atoms with E-state index in [2.05, 4.69) is 53.8 Å². The molecule has 17 heavy (non-hydrogen) atoms. The quantitative estimate of drug-likeness (QED) is 0.809. The molecule has 2 heteroatoms. The third-order valence-electron chi connectivity index (χ3n) is 3.43. The first-order chi connectivity index (χ1) is 7.49. The molecule has 0 aromatic heterocycles. The van der Waals surface area contributed by atoms with Crippen LogP contribution in [0.15, 0.2) is 0 Å². The molecule has 1 heterocycles. The van der Waals surface area contributed by atoms with E-state index in [1.54, 1.807) is 0 Å². The molecule has 0 bridgehead atoms. The van der Waals surface area contributed by atoms with Gasteiger partial charge in [-0.2, -0.15) is 0 Å². The number of nitrogens with one attached hydrogen (secondary N) is 1. The van der Waals surface area contributed by atoms with Gasteiger partial charge >= 0.3 is 0 Å². The van der Waals surface area contributed by atoms with Crippen LogP contribution in [0.25, 0.3) is 0 Å². The molecule has 1 aliphatic heterocycles. The van der Waals surface area contributed by atoms with Gasteiger partial charge in [-0.1, -0.05) is 13.8 Å². The lowest BCUT2D eigenvalue weighted by Crippen LogP contribution is -2.43. The fraction of sp³-hybridized carbons (Fsp3) is 1.00. The minimum absolute atomic E-state index is 0.0954. The molecule has 0 amide bonds. The Labute approximate surface area is 108 Å². The summed E-state index contributed by atoms with van der Waals surface area (Å²) in [5.41, 5.74) is 0.601. The van der Waals surface area contributed by atoms with E-state index in [1.807, 2.05) is 0 Å². The monoisotopic (exact) mass is 241 g/mol. The van der Waals surface area contributed by atoms with E-state index in [4.69, 9.17) is 4.74 Å². The first kappa shape index (κ1) is 15.0. The second-order valence-electron chi connectivity index (χ2n) is 8.01. The molecule has 0 aromatic carbocycles. The third-order valence-corrected chi connectivity index (χ3v) is 3.43. The molecular formula is C15H31NO. The van der Waals surface area contributed by atoms with Gasteiger partial charge < -0.3 is 10.1 Å². The van der Waals surface area contributed by atoms with Crippen LogP contribution in [0.5, 0.6) is 0 Å². The van der Waals surface area contributed by atoms with Crippen molar-refractivity contribution in [2.24, 2.45) is 5.41 Å². The van der Waals surface area contributed by atoms with E-state index in [0.717, 1.165) is 13.0 Å². The van der Waals surface area contributed by atoms with Crippen LogP contribution < -0.4 is 5.32 Å². The van der Waals surface area contributed by atoms with Gasteiger partial charge in [-0.3, -0.25) is 0 Å². The van der Waals surface area contributed by atoms with Crippen molar-refractivity contribution in [3.05, 3.63) is 0 Å². The predicted octanol–water partition coefficient (Wildman–Crippen LogP) is 3.75. The van der Waals surface area contributed by atoms with E-state index in [1.165, 1.54) is 12.8 Å². The summed E-state index contributed by atoms with van der Waals surface area (Å²) in [5, 5.41) is 3.60. The van der Waals surface area contributed by atoms with Gasteiger partial charge in [-0.15, -0.1) is 0 Å². The predicted molar refractivity (Wildman–Crippen MR) is 74.3 cm³/mol. The fourth-order valence-electron chi connectivity index (χ4n) is 2.41. The van der Waals surface area contributed by atoms with Crippen LogP contribution in [0, 0.1) is 5.41 Å². The normalized spacial score (nSPS) is 25.2. The molecule has 0 spiro atoms. The molecule has 2 nitrogen and oxygen atoms in total. The summed E-state index contributed by atoms with van der Waals surface area (Å²) in [6, 6.07) is 0. The minimum Gasteiger partial charge on any atom is -0.372 e. The van der Waals surface area contributed by atoms with Crippen molar-refractivity contribution in [1.29, 1.82) is 0 Å². The smallest absolute Gasteiger partial charge is 0.0631 e. The Morgan fingerprint density at radius 3 is 2.18 bits per heavy atom. The van der Waals surface area contributed by atoms with E-state index >= 15 is 0 Å². The Morgan fingerprint density at radius 2 is 1.76 bits per heavy atom. The summed E-state index contributed by atoms with van der Waals surface area (Å²) < 4.78 is 6.09. The van der Waals surface area contributed by atoms with Gasteiger partial charge in [0.05, 0.1) is 11.7 Å². The highest BCUT2D eigenvalue weighted by Crippen LogP contribution is 2.35. The second-order valence-corrected chi connectivity index (χ2v) is 8.01. The fourth-order valence-corrected chi connectivity index (χ4v) is 2.41. The van der Waals surface area contributed by atoms with E-state index in [-0.39, 0.29) is 11.1 Å². The van der Waals surface area contributed by atoms with Crippen LogP contribution in [0.2, 0.25) is 0 Å². The van der Waals surface area contributed by atoms with Crippen molar-refractivity contribution < 1.29 is 4.74 Å². The number of hydrogen-bond donors (Lipinski definition) is 1. The van der Waals surface area contributed by atoms with Gasteiger partial charge in [-0.25, -0.2) is 0 Å². The maximum absolute atomic E-state index is 6.09. The molecular weight excluding hydrogens is 210 g/mol. The molecule has 0 aromatic rings. The Hall–Kier alpha value is -0.0800. The maximum Gasteiger partial charge on any atom is 0.0631 e. The van der Waals surface area contributed by atoms with Crippen molar-refractivity contribution in [2.45, 2.75) is 85.0 Å². The van der Waals surface area contributed by atoms with Crippen LogP contribution in [0.3, 0.4) is 0 Å². The molecule has 1 fully saturated rings. The van der Waals surface area contributed by atoms with Gasteiger partial charge in [0.2, 0.25) is 0 Å². The molecule has 0 aliphatic carbocycles. The molecule has 1 rings (SSSR count). The first-order valence-corrected chi connectivity index (χ1v) is 6.92. The Bertz CT molecular complexity index is 250. The lowest BCUT2D eigenvalue weighted by molar-refractivity contribution is -0.0321. The first-order valence-electron chi connectivity index (χ1n) is 6.92. The minimum atomic E-state index is 0.0954. The van der Waals surface area contributed by atoms with E-state index < -0.39 is 0 Å². The van der Waals surface area contributed by atoms with Gasteiger partial charge in [-0.05, 0) is 59.3 Å². The average molecular weight is 241 g/mol. The molecule has 1 aliphatic rings. The van der Waals surface area contributed by atoms with Crippen molar-refractivity contribution in [1.82, 2.24) is 5.32 Å². The largest absolute Gasteiger partial charge is 0.372 e. The lowest BCUT2D eigenvalue weighted by atomic mass is 9.85. The summed E-state index contributed by atoms with van der Waals surface area (Å²) in [4.78, 5) is 0. The Balaban J connectivity index is 2.39. The standard InChI is InChI=1S/C15H31NO/c1-13(2,3)16-11-14(4,5)10-12-8-9-15(6,7)17-12/h12,16H,8-11H2,1-7H3. The number of hydrogen-bond acceptors (Lipinski definition) is 2. The van der Waals surface area contributed by atoms with Crippen molar-refractivity contribution >= 4 is 0 Å². The summed E-state index contributed by atoms with van der Waals surface area (Å²) >= 11 is 0. The highest BCUT2D eigenvalue weighted by Gasteiger charge is 2.35. The second kappa shape index (κ2) is 4.89. The van der Waals surface area contributed by atoms with Crippen molar-refractivity contribution in [3.8, 4) is 0 Å². The number of rotatable bonds is 4. The van der Waals surface area contributed by atoms with Gasteiger partial charge in [0, 0.05) is 12.1 Å². The summed E-state index contributed by atoms with van der Waals surface area (Å²) in [7, 11) is 0. The topological polar surface area (TPSA) is 21.3 Å².